The summed E-state index contributed by atoms with van der Waals surface area (Å²) in [6, 6.07) is 5.86. The van der Waals surface area contributed by atoms with Gasteiger partial charge in [0.2, 0.25) is 5.91 Å². The Kier molecular flexibility index (Phi) is 4.63. The van der Waals surface area contributed by atoms with E-state index in [1.165, 1.54) is 11.1 Å². The van der Waals surface area contributed by atoms with Crippen LogP contribution in [0.5, 0.6) is 0 Å². The standard InChI is InChI=1S/C15H21BrN2O/c1-9(2)8-13(17)15(19)18-14-7-6-10-11(14)4-3-5-12(10)16/h3-5,9,13-14H,6-8,17H2,1-2H3,(H,18,19)/t13-,14?/m0/s1. The normalized spacial score (nSPS) is 19.3. The molecule has 1 aromatic rings. The first-order valence-corrected chi connectivity index (χ1v) is 7.61. The van der Waals surface area contributed by atoms with Gasteiger partial charge in [-0.3, -0.25) is 4.79 Å². The Labute approximate surface area is 123 Å². The number of amides is 1. The van der Waals surface area contributed by atoms with Gasteiger partial charge in [-0.15, -0.1) is 0 Å². The highest BCUT2D eigenvalue weighted by Gasteiger charge is 2.27. The molecule has 1 aromatic carbocycles. The van der Waals surface area contributed by atoms with Crippen molar-refractivity contribution in [3.63, 3.8) is 0 Å². The van der Waals surface area contributed by atoms with Gasteiger partial charge in [-0.2, -0.15) is 0 Å². The number of carbonyl (C=O) groups excluding carboxylic acids is 1. The molecule has 2 atom stereocenters. The topological polar surface area (TPSA) is 55.1 Å². The molecule has 0 aliphatic heterocycles. The number of halogens is 1. The highest BCUT2D eigenvalue weighted by atomic mass is 79.9. The number of nitrogens with two attached hydrogens (primary N) is 1. The molecule has 1 aliphatic carbocycles. The van der Waals surface area contributed by atoms with E-state index in [0.717, 1.165) is 23.7 Å². The van der Waals surface area contributed by atoms with Crippen molar-refractivity contribution in [2.24, 2.45) is 11.7 Å². The molecule has 0 saturated carbocycles. The van der Waals surface area contributed by atoms with Gasteiger partial charge in [0.05, 0.1) is 12.1 Å². The van der Waals surface area contributed by atoms with E-state index in [0.29, 0.717) is 5.92 Å². The maximum absolute atomic E-state index is 12.1. The van der Waals surface area contributed by atoms with Gasteiger partial charge in [0.15, 0.2) is 0 Å². The molecule has 1 amide bonds. The quantitative estimate of drug-likeness (QED) is 0.894. The predicted octanol–water partition coefficient (Wildman–Crippen LogP) is 2.93. The molecular formula is C15H21BrN2O. The zero-order valence-electron chi connectivity index (χ0n) is 11.4. The molecule has 104 valence electrons. The van der Waals surface area contributed by atoms with E-state index in [1.54, 1.807) is 0 Å². The lowest BCUT2D eigenvalue weighted by Crippen LogP contribution is -2.42. The minimum Gasteiger partial charge on any atom is -0.348 e. The summed E-state index contributed by atoms with van der Waals surface area (Å²) in [7, 11) is 0. The molecule has 4 heteroatoms. The van der Waals surface area contributed by atoms with Crippen LogP contribution < -0.4 is 11.1 Å². The van der Waals surface area contributed by atoms with E-state index in [-0.39, 0.29) is 11.9 Å². The van der Waals surface area contributed by atoms with Crippen LogP contribution in [0.25, 0.3) is 0 Å². The summed E-state index contributed by atoms with van der Waals surface area (Å²) in [6.07, 6.45) is 2.68. The van der Waals surface area contributed by atoms with E-state index < -0.39 is 6.04 Å². The highest BCUT2D eigenvalue weighted by Crippen LogP contribution is 2.35. The Morgan fingerprint density at radius 2 is 2.26 bits per heavy atom. The lowest BCUT2D eigenvalue weighted by molar-refractivity contribution is -0.123. The molecular weight excluding hydrogens is 304 g/mol. The lowest BCUT2D eigenvalue weighted by Gasteiger charge is -2.19. The Morgan fingerprint density at radius 3 is 2.95 bits per heavy atom. The fourth-order valence-electron chi connectivity index (χ4n) is 2.65. The predicted molar refractivity (Wildman–Crippen MR) is 80.8 cm³/mol. The first-order valence-electron chi connectivity index (χ1n) is 6.82. The molecule has 1 unspecified atom stereocenters. The summed E-state index contributed by atoms with van der Waals surface area (Å²) >= 11 is 3.57. The van der Waals surface area contributed by atoms with Crippen molar-refractivity contribution in [2.75, 3.05) is 0 Å². The molecule has 19 heavy (non-hydrogen) atoms. The van der Waals surface area contributed by atoms with Crippen LogP contribution in [-0.4, -0.2) is 11.9 Å². The second kappa shape index (κ2) is 6.06. The second-order valence-corrected chi connectivity index (χ2v) is 6.50. The number of benzene rings is 1. The Balaban J connectivity index is 2.03. The third-order valence-electron chi connectivity index (χ3n) is 3.59. The van der Waals surface area contributed by atoms with Gasteiger partial charge in [0.1, 0.15) is 0 Å². The van der Waals surface area contributed by atoms with Gasteiger partial charge in [-0.1, -0.05) is 41.9 Å². The molecule has 0 saturated heterocycles. The molecule has 0 fully saturated rings. The average Bonchev–Trinajstić information content (AvgIpc) is 2.73. The van der Waals surface area contributed by atoms with Crippen LogP contribution in [0.3, 0.4) is 0 Å². The van der Waals surface area contributed by atoms with Gasteiger partial charge in [-0.05, 0) is 42.4 Å². The van der Waals surface area contributed by atoms with E-state index in [4.69, 9.17) is 5.73 Å². The fraction of sp³-hybridized carbons (Fsp3) is 0.533. The monoisotopic (exact) mass is 324 g/mol. The first-order chi connectivity index (χ1) is 8.99. The molecule has 0 radical (unpaired) electrons. The van der Waals surface area contributed by atoms with Crippen molar-refractivity contribution in [2.45, 2.75) is 45.2 Å². The van der Waals surface area contributed by atoms with E-state index in [9.17, 15) is 4.79 Å². The molecule has 3 nitrogen and oxygen atoms in total. The van der Waals surface area contributed by atoms with Crippen LogP contribution in [0.15, 0.2) is 22.7 Å². The zero-order chi connectivity index (χ0) is 14.0. The van der Waals surface area contributed by atoms with E-state index in [1.807, 2.05) is 12.1 Å². The average molecular weight is 325 g/mol. The van der Waals surface area contributed by atoms with E-state index in [2.05, 4.69) is 41.2 Å². The van der Waals surface area contributed by atoms with Crippen molar-refractivity contribution in [1.82, 2.24) is 5.32 Å². The Bertz CT molecular complexity index is 473. The molecule has 2 rings (SSSR count). The highest BCUT2D eigenvalue weighted by molar-refractivity contribution is 9.10. The summed E-state index contributed by atoms with van der Waals surface area (Å²) in [6.45, 7) is 4.16. The fourth-order valence-corrected chi connectivity index (χ4v) is 3.23. The van der Waals surface area contributed by atoms with Crippen molar-refractivity contribution in [1.29, 1.82) is 0 Å². The van der Waals surface area contributed by atoms with Crippen LogP contribution in [-0.2, 0) is 11.2 Å². The smallest absolute Gasteiger partial charge is 0.237 e. The number of carbonyl (C=O) groups is 1. The lowest BCUT2D eigenvalue weighted by atomic mass is 10.0. The van der Waals surface area contributed by atoms with Crippen LogP contribution in [0.4, 0.5) is 0 Å². The summed E-state index contributed by atoms with van der Waals surface area (Å²) in [4.78, 5) is 12.1. The molecule has 0 spiro atoms. The summed E-state index contributed by atoms with van der Waals surface area (Å²) in [5, 5.41) is 3.08. The summed E-state index contributed by atoms with van der Waals surface area (Å²) in [5.41, 5.74) is 8.46. The minimum absolute atomic E-state index is 0.0356. The van der Waals surface area contributed by atoms with Gasteiger partial charge in [0, 0.05) is 4.47 Å². The Morgan fingerprint density at radius 1 is 1.53 bits per heavy atom. The molecule has 0 aromatic heterocycles. The van der Waals surface area contributed by atoms with E-state index >= 15 is 0 Å². The Hall–Kier alpha value is -0.870. The molecule has 1 aliphatic rings. The number of rotatable bonds is 4. The SMILES string of the molecule is CC(C)C[C@H](N)C(=O)NC1CCc2c(Br)cccc21. The van der Waals surface area contributed by atoms with Crippen LogP contribution in [0, 0.1) is 5.92 Å². The van der Waals surface area contributed by atoms with Crippen LogP contribution >= 0.6 is 15.9 Å². The number of hydrogen-bond acceptors (Lipinski definition) is 2. The number of hydrogen-bond donors (Lipinski definition) is 2. The summed E-state index contributed by atoms with van der Waals surface area (Å²) < 4.78 is 1.13. The van der Waals surface area contributed by atoms with Gasteiger partial charge < -0.3 is 11.1 Å². The third-order valence-corrected chi connectivity index (χ3v) is 4.34. The number of nitrogens with one attached hydrogen (secondary N) is 1. The maximum atomic E-state index is 12.1. The second-order valence-electron chi connectivity index (χ2n) is 5.64. The van der Waals surface area contributed by atoms with Crippen molar-refractivity contribution in [3.05, 3.63) is 33.8 Å². The largest absolute Gasteiger partial charge is 0.348 e. The zero-order valence-corrected chi connectivity index (χ0v) is 13.0. The maximum Gasteiger partial charge on any atom is 0.237 e. The molecule has 0 heterocycles. The van der Waals surface area contributed by atoms with Crippen molar-refractivity contribution in [3.8, 4) is 0 Å². The minimum atomic E-state index is -0.406. The molecule has 3 N–H and O–H groups in total. The first kappa shape index (κ1) is 14.5. The van der Waals surface area contributed by atoms with Crippen molar-refractivity contribution < 1.29 is 4.79 Å². The van der Waals surface area contributed by atoms with Gasteiger partial charge >= 0.3 is 0 Å². The van der Waals surface area contributed by atoms with Gasteiger partial charge in [-0.25, -0.2) is 0 Å². The number of fused-ring (bicyclic) bond motifs is 1. The van der Waals surface area contributed by atoms with Gasteiger partial charge in [0.25, 0.3) is 0 Å². The van der Waals surface area contributed by atoms with Crippen LogP contribution in [0.2, 0.25) is 0 Å². The third kappa shape index (κ3) is 3.37. The van der Waals surface area contributed by atoms with Crippen LogP contribution in [0.1, 0.15) is 43.9 Å². The van der Waals surface area contributed by atoms with Crippen molar-refractivity contribution >= 4 is 21.8 Å². The summed E-state index contributed by atoms with van der Waals surface area (Å²) in [5.74, 6) is 0.400. The molecule has 0 bridgehead atoms.